The van der Waals surface area contributed by atoms with Crippen molar-refractivity contribution < 1.29 is 4.79 Å². The maximum Gasteiger partial charge on any atom is 0.152 e. The number of hydrogen-bond donors (Lipinski definition) is 0. The van der Waals surface area contributed by atoms with E-state index in [1.807, 2.05) is 24.3 Å². The lowest BCUT2D eigenvalue weighted by Crippen LogP contribution is -1.88. The van der Waals surface area contributed by atoms with Gasteiger partial charge in [0, 0.05) is 32.2 Å². The van der Waals surface area contributed by atoms with Gasteiger partial charge in [-0.25, -0.2) is 0 Å². The Morgan fingerprint density at radius 2 is 1.94 bits per heavy atom. The summed E-state index contributed by atoms with van der Waals surface area (Å²) in [5.74, 6) is 0. The zero-order chi connectivity index (χ0) is 12.3. The second-order valence-electron chi connectivity index (χ2n) is 3.21. The van der Waals surface area contributed by atoms with Crippen molar-refractivity contribution in [3.05, 3.63) is 51.7 Å². The van der Waals surface area contributed by atoms with E-state index in [2.05, 4.69) is 20.9 Å². The molecule has 0 radical (unpaired) electrons. The molecule has 0 bridgehead atoms. The van der Waals surface area contributed by atoms with Gasteiger partial charge in [-0.1, -0.05) is 39.3 Å². The molecule has 5 heteroatoms. The summed E-state index contributed by atoms with van der Waals surface area (Å²) in [4.78, 5) is 16.7. The summed E-state index contributed by atoms with van der Waals surface area (Å²) < 4.78 is 1.02. The summed E-state index contributed by atoms with van der Waals surface area (Å²) in [7, 11) is 0. The Hall–Kier alpha value is -0.840. The summed E-state index contributed by atoms with van der Waals surface area (Å²) in [6.07, 6.45) is 3.87. The second kappa shape index (κ2) is 5.67. The molecule has 0 unspecified atom stereocenters. The first kappa shape index (κ1) is 12.6. The highest BCUT2D eigenvalue weighted by Crippen LogP contribution is 2.32. The van der Waals surface area contributed by atoms with Crippen molar-refractivity contribution in [3.8, 4) is 0 Å². The van der Waals surface area contributed by atoms with E-state index in [0.29, 0.717) is 10.6 Å². The highest BCUT2D eigenvalue weighted by atomic mass is 79.9. The molecule has 0 fully saturated rings. The molecule has 0 aliphatic rings. The number of halogens is 2. The number of carbonyl (C=O) groups excluding carboxylic acids is 1. The van der Waals surface area contributed by atoms with E-state index in [1.165, 1.54) is 18.0 Å². The van der Waals surface area contributed by atoms with Crippen LogP contribution in [0.25, 0.3) is 0 Å². The molecule has 2 nitrogen and oxygen atoms in total. The minimum absolute atomic E-state index is 0.377. The molecule has 0 aliphatic heterocycles. The first-order chi connectivity index (χ1) is 8.20. The third-order valence-corrected chi connectivity index (χ3v) is 3.94. The molecule has 0 aliphatic carbocycles. The Labute approximate surface area is 117 Å². The van der Waals surface area contributed by atoms with Crippen LogP contribution < -0.4 is 0 Å². The summed E-state index contributed by atoms with van der Waals surface area (Å²) in [5.41, 5.74) is 0.481. The Balaban J connectivity index is 2.33. The number of carbonyl (C=O) groups is 1. The molecule has 86 valence electrons. The predicted octanol–water partition coefficient (Wildman–Crippen LogP) is 4.46. The van der Waals surface area contributed by atoms with E-state index in [4.69, 9.17) is 11.6 Å². The Bertz CT molecular complexity index is 545. The van der Waals surface area contributed by atoms with E-state index in [1.54, 1.807) is 6.20 Å². The SMILES string of the molecule is O=Cc1c(Cl)cncc1Sc1ccc(Br)cc1. The number of benzene rings is 1. The average molecular weight is 329 g/mol. The van der Waals surface area contributed by atoms with E-state index >= 15 is 0 Å². The number of aldehydes is 1. The third kappa shape index (κ3) is 3.09. The fourth-order valence-corrected chi connectivity index (χ4v) is 2.68. The van der Waals surface area contributed by atoms with Crippen LogP contribution in [0.4, 0.5) is 0 Å². The van der Waals surface area contributed by atoms with Crippen molar-refractivity contribution in [2.45, 2.75) is 9.79 Å². The van der Waals surface area contributed by atoms with Crippen molar-refractivity contribution in [3.63, 3.8) is 0 Å². The van der Waals surface area contributed by atoms with Crippen molar-refractivity contribution in [2.75, 3.05) is 0 Å². The van der Waals surface area contributed by atoms with Crippen LogP contribution in [-0.4, -0.2) is 11.3 Å². The number of aromatic nitrogens is 1. The number of nitrogens with zero attached hydrogens (tertiary/aromatic N) is 1. The standard InChI is InChI=1S/C12H7BrClNOS/c13-8-1-3-9(4-2-8)17-12-6-15-5-11(14)10(12)7-16/h1-7H. The maximum absolute atomic E-state index is 11.0. The van der Waals surface area contributed by atoms with Gasteiger partial charge in [0.2, 0.25) is 0 Å². The maximum atomic E-state index is 11.0. The van der Waals surface area contributed by atoms with E-state index < -0.39 is 0 Å². The van der Waals surface area contributed by atoms with Gasteiger partial charge in [-0.3, -0.25) is 9.78 Å². The Kier molecular flexibility index (Phi) is 4.20. The smallest absolute Gasteiger partial charge is 0.152 e. The normalized spacial score (nSPS) is 10.2. The molecule has 1 aromatic heterocycles. The van der Waals surface area contributed by atoms with Gasteiger partial charge in [-0.05, 0) is 24.3 Å². The summed E-state index contributed by atoms with van der Waals surface area (Å²) in [6.45, 7) is 0. The zero-order valence-electron chi connectivity index (χ0n) is 8.56. The molecule has 0 saturated carbocycles. The molecule has 1 aromatic carbocycles. The number of rotatable bonds is 3. The lowest BCUT2D eigenvalue weighted by atomic mass is 10.3. The van der Waals surface area contributed by atoms with Crippen molar-refractivity contribution in [2.24, 2.45) is 0 Å². The fourth-order valence-electron chi connectivity index (χ4n) is 1.25. The minimum Gasteiger partial charge on any atom is -0.298 e. The quantitative estimate of drug-likeness (QED) is 0.779. The molecule has 1 heterocycles. The molecule has 17 heavy (non-hydrogen) atoms. The largest absolute Gasteiger partial charge is 0.298 e. The molecule has 0 atom stereocenters. The van der Waals surface area contributed by atoms with Crippen LogP contribution in [0.2, 0.25) is 5.02 Å². The zero-order valence-corrected chi connectivity index (χ0v) is 11.7. The van der Waals surface area contributed by atoms with E-state index in [9.17, 15) is 4.79 Å². The van der Waals surface area contributed by atoms with Crippen LogP contribution in [-0.2, 0) is 0 Å². The van der Waals surface area contributed by atoms with Gasteiger partial charge in [0.05, 0.1) is 5.02 Å². The molecule has 2 rings (SSSR count). The molecular weight excluding hydrogens is 322 g/mol. The highest BCUT2D eigenvalue weighted by Gasteiger charge is 2.08. The number of pyridine rings is 1. The molecule has 2 aromatic rings. The van der Waals surface area contributed by atoms with Crippen LogP contribution in [0.5, 0.6) is 0 Å². The number of hydrogen-bond acceptors (Lipinski definition) is 3. The van der Waals surface area contributed by atoms with E-state index in [-0.39, 0.29) is 0 Å². The average Bonchev–Trinajstić information content (AvgIpc) is 2.32. The van der Waals surface area contributed by atoms with E-state index in [0.717, 1.165) is 20.5 Å². The van der Waals surface area contributed by atoms with Crippen molar-refractivity contribution in [1.82, 2.24) is 4.98 Å². The van der Waals surface area contributed by atoms with Gasteiger partial charge in [-0.15, -0.1) is 0 Å². The minimum atomic E-state index is 0.377. The Morgan fingerprint density at radius 1 is 1.24 bits per heavy atom. The van der Waals surface area contributed by atoms with Gasteiger partial charge in [0.15, 0.2) is 6.29 Å². The lowest BCUT2D eigenvalue weighted by Gasteiger charge is -2.05. The summed E-state index contributed by atoms with van der Waals surface area (Å²) in [5, 5.41) is 0.377. The monoisotopic (exact) mass is 327 g/mol. The fraction of sp³-hybridized carbons (Fsp3) is 0. The topological polar surface area (TPSA) is 30.0 Å². The van der Waals surface area contributed by atoms with Gasteiger partial charge < -0.3 is 0 Å². The predicted molar refractivity (Wildman–Crippen MR) is 72.9 cm³/mol. The molecule has 0 saturated heterocycles. The second-order valence-corrected chi connectivity index (χ2v) is 5.65. The van der Waals surface area contributed by atoms with Crippen LogP contribution in [0.3, 0.4) is 0 Å². The van der Waals surface area contributed by atoms with Crippen LogP contribution in [0.15, 0.2) is 50.9 Å². The summed E-state index contributed by atoms with van der Waals surface area (Å²) in [6, 6.07) is 7.82. The van der Waals surface area contributed by atoms with Crippen molar-refractivity contribution >= 4 is 45.6 Å². The lowest BCUT2D eigenvalue weighted by molar-refractivity contribution is 0.112. The molecule has 0 amide bonds. The molecule has 0 spiro atoms. The molecular formula is C12H7BrClNOS. The van der Waals surface area contributed by atoms with Gasteiger partial charge in [0.25, 0.3) is 0 Å². The van der Waals surface area contributed by atoms with Crippen LogP contribution >= 0.6 is 39.3 Å². The van der Waals surface area contributed by atoms with Crippen LogP contribution in [0.1, 0.15) is 10.4 Å². The van der Waals surface area contributed by atoms with Crippen LogP contribution in [0, 0.1) is 0 Å². The first-order valence-corrected chi connectivity index (χ1v) is 6.71. The van der Waals surface area contributed by atoms with Gasteiger partial charge >= 0.3 is 0 Å². The van der Waals surface area contributed by atoms with Gasteiger partial charge in [-0.2, -0.15) is 0 Å². The van der Waals surface area contributed by atoms with Gasteiger partial charge in [0.1, 0.15) is 0 Å². The third-order valence-electron chi connectivity index (χ3n) is 2.06. The first-order valence-electron chi connectivity index (χ1n) is 4.73. The Morgan fingerprint density at radius 3 is 2.59 bits per heavy atom. The van der Waals surface area contributed by atoms with Crippen molar-refractivity contribution in [1.29, 1.82) is 0 Å². The molecule has 0 N–H and O–H groups in total. The highest BCUT2D eigenvalue weighted by molar-refractivity contribution is 9.10. The summed E-state index contributed by atoms with van der Waals surface area (Å²) >= 11 is 10.7.